The molecule has 0 atom stereocenters. The van der Waals surface area contributed by atoms with Gasteiger partial charge in [0, 0.05) is 19.3 Å². The smallest absolute Gasteiger partial charge is 0.143 e. The first-order valence-corrected chi connectivity index (χ1v) is 4.96. The summed E-state index contributed by atoms with van der Waals surface area (Å²) in [5.41, 5.74) is -0.182. The van der Waals surface area contributed by atoms with Crippen LogP contribution in [0.25, 0.3) is 0 Å². The highest BCUT2D eigenvalue weighted by Gasteiger charge is 2.16. The van der Waals surface area contributed by atoms with E-state index in [1.165, 1.54) is 12.1 Å². The summed E-state index contributed by atoms with van der Waals surface area (Å²) in [7, 11) is 1.76. The lowest BCUT2D eigenvalue weighted by Crippen LogP contribution is -2.36. The molecule has 1 N–H and O–H groups in total. The zero-order valence-corrected chi connectivity index (χ0v) is 9.66. The predicted octanol–water partition coefficient (Wildman–Crippen LogP) is 1.90. The number of nitrogens with zero attached hydrogens (tertiary/aromatic N) is 2. The number of benzene rings is 1. The van der Waals surface area contributed by atoms with Gasteiger partial charge in [-0.05, 0) is 32.0 Å². The largest absolute Gasteiger partial charge is 0.389 e. The van der Waals surface area contributed by atoms with E-state index in [4.69, 9.17) is 5.26 Å². The van der Waals surface area contributed by atoms with E-state index in [9.17, 15) is 9.50 Å². The molecule has 0 bridgehead atoms. The quantitative estimate of drug-likeness (QED) is 0.849. The minimum atomic E-state index is -0.848. The Morgan fingerprint density at radius 1 is 1.50 bits per heavy atom. The second-order valence-electron chi connectivity index (χ2n) is 4.44. The van der Waals surface area contributed by atoms with Gasteiger partial charge in [0.15, 0.2) is 0 Å². The maximum Gasteiger partial charge on any atom is 0.143 e. The van der Waals surface area contributed by atoms with Crippen molar-refractivity contribution in [3.63, 3.8) is 0 Å². The summed E-state index contributed by atoms with van der Waals surface area (Å²) in [5.74, 6) is -0.539. The fraction of sp³-hybridized carbons (Fsp3) is 0.417. The number of hydrogen-bond donors (Lipinski definition) is 1. The van der Waals surface area contributed by atoms with Crippen LogP contribution in [-0.4, -0.2) is 24.3 Å². The Morgan fingerprint density at radius 2 is 2.12 bits per heavy atom. The summed E-state index contributed by atoms with van der Waals surface area (Å²) in [5, 5.41) is 18.2. The van der Waals surface area contributed by atoms with Crippen LogP contribution in [0.3, 0.4) is 0 Å². The first kappa shape index (κ1) is 12.5. The Labute approximate surface area is 94.7 Å². The fourth-order valence-electron chi connectivity index (χ4n) is 1.50. The molecule has 86 valence electrons. The van der Waals surface area contributed by atoms with Crippen LogP contribution in [0.4, 0.5) is 10.1 Å². The van der Waals surface area contributed by atoms with Gasteiger partial charge in [0.2, 0.25) is 0 Å². The molecule has 16 heavy (non-hydrogen) atoms. The monoisotopic (exact) mass is 222 g/mol. The number of halogens is 1. The summed E-state index contributed by atoms with van der Waals surface area (Å²) < 4.78 is 13.3. The molecule has 0 heterocycles. The van der Waals surface area contributed by atoms with Crippen LogP contribution < -0.4 is 4.90 Å². The lowest BCUT2D eigenvalue weighted by molar-refractivity contribution is 0.0886. The molecule has 4 heteroatoms. The summed E-state index contributed by atoms with van der Waals surface area (Å²) in [6, 6.07) is 6.16. The van der Waals surface area contributed by atoms with Crippen LogP contribution in [-0.2, 0) is 0 Å². The topological polar surface area (TPSA) is 47.3 Å². The summed E-state index contributed by atoms with van der Waals surface area (Å²) in [6.07, 6.45) is 0. The Bertz CT molecular complexity index is 418. The summed E-state index contributed by atoms with van der Waals surface area (Å²) >= 11 is 0. The minimum Gasteiger partial charge on any atom is -0.389 e. The van der Waals surface area contributed by atoms with Crippen molar-refractivity contribution in [3.05, 3.63) is 29.6 Å². The minimum absolute atomic E-state index is 0.0282. The number of hydrogen-bond acceptors (Lipinski definition) is 3. The van der Waals surface area contributed by atoms with E-state index in [0.717, 1.165) is 0 Å². The van der Waals surface area contributed by atoms with Crippen molar-refractivity contribution in [1.29, 1.82) is 5.26 Å². The fourth-order valence-corrected chi connectivity index (χ4v) is 1.50. The van der Waals surface area contributed by atoms with Crippen molar-refractivity contribution in [3.8, 4) is 6.07 Å². The molecule has 0 spiro atoms. The summed E-state index contributed by atoms with van der Waals surface area (Å²) in [6.45, 7) is 3.76. The van der Waals surface area contributed by atoms with E-state index in [2.05, 4.69) is 0 Å². The average Bonchev–Trinajstić information content (AvgIpc) is 2.15. The standard InChI is InChI=1S/C12H15FN2O/c1-12(2,16)8-15(3)10-5-4-9(7-14)11(13)6-10/h4-6,16H,8H2,1-3H3. The van der Waals surface area contributed by atoms with E-state index >= 15 is 0 Å². The Balaban J connectivity index is 2.90. The lowest BCUT2D eigenvalue weighted by atomic mass is 10.1. The second kappa shape index (κ2) is 4.50. The molecule has 0 amide bonds. The third kappa shape index (κ3) is 3.21. The Morgan fingerprint density at radius 3 is 2.56 bits per heavy atom. The van der Waals surface area contributed by atoms with Gasteiger partial charge in [-0.2, -0.15) is 5.26 Å². The summed E-state index contributed by atoms with van der Waals surface area (Å²) in [4.78, 5) is 1.74. The van der Waals surface area contributed by atoms with E-state index in [0.29, 0.717) is 12.2 Å². The van der Waals surface area contributed by atoms with Gasteiger partial charge in [-0.15, -0.1) is 0 Å². The van der Waals surface area contributed by atoms with Gasteiger partial charge in [-0.25, -0.2) is 4.39 Å². The molecule has 0 saturated heterocycles. The molecule has 0 aliphatic heterocycles. The van der Waals surface area contributed by atoms with Crippen molar-refractivity contribution in [2.75, 3.05) is 18.5 Å². The first-order valence-electron chi connectivity index (χ1n) is 4.96. The molecule has 0 radical (unpaired) electrons. The molecular formula is C12H15FN2O. The first-order chi connectivity index (χ1) is 7.33. The Hall–Kier alpha value is -1.60. The SMILES string of the molecule is CN(CC(C)(C)O)c1ccc(C#N)c(F)c1. The third-order valence-electron chi connectivity index (χ3n) is 2.14. The molecular weight excluding hydrogens is 207 g/mol. The Kier molecular flexibility index (Phi) is 3.51. The van der Waals surface area contributed by atoms with Gasteiger partial charge in [0.05, 0.1) is 11.2 Å². The normalized spacial score (nSPS) is 11.0. The van der Waals surface area contributed by atoms with Crippen molar-refractivity contribution in [2.24, 2.45) is 0 Å². The maximum absolute atomic E-state index is 13.3. The molecule has 0 aliphatic rings. The number of aliphatic hydroxyl groups is 1. The van der Waals surface area contributed by atoms with Gasteiger partial charge >= 0.3 is 0 Å². The third-order valence-corrected chi connectivity index (χ3v) is 2.14. The van der Waals surface area contributed by atoms with Crippen LogP contribution >= 0.6 is 0 Å². The number of anilines is 1. The highest BCUT2D eigenvalue weighted by Crippen LogP contribution is 2.18. The van der Waals surface area contributed by atoms with Crippen molar-refractivity contribution >= 4 is 5.69 Å². The average molecular weight is 222 g/mol. The van der Waals surface area contributed by atoms with Crippen LogP contribution in [0.2, 0.25) is 0 Å². The molecule has 1 aromatic rings. The number of likely N-dealkylation sites (N-methyl/N-ethyl adjacent to an activating group) is 1. The lowest BCUT2D eigenvalue weighted by Gasteiger charge is -2.27. The van der Waals surface area contributed by atoms with E-state index in [1.807, 2.05) is 0 Å². The van der Waals surface area contributed by atoms with Crippen LogP contribution in [0.5, 0.6) is 0 Å². The molecule has 1 rings (SSSR count). The van der Waals surface area contributed by atoms with Gasteiger partial charge in [0.25, 0.3) is 0 Å². The predicted molar refractivity (Wildman–Crippen MR) is 60.7 cm³/mol. The maximum atomic E-state index is 13.3. The van der Waals surface area contributed by atoms with Crippen LogP contribution in [0.1, 0.15) is 19.4 Å². The molecule has 3 nitrogen and oxygen atoms in total. The van der Waals surface area contributed by atoms with Crippen LogP contribution in [0.15, 0.2) is 18.2 Å². The van der Waals surface area contributed by atoms with E-state index in [-0.39, 0.29) is 5.56 Å². The molecule has 0 saturated carbocycles. The van der Waals surface area contributed by atoms with Gasteiger partial charge < -0.3 is 10.0 Å². The number of rotatable bonds is 3. The molecule has 0 aromatic heterocycles. The van der Waals surface area contributed by atoms with Crippen molar-refractivity contribution < 1.29 is 9.50 Å². The molecule has 0 fully saturated rings. The molecule has 0 aliphatic carbocycles. The number of nitriles is 1. The molecule has 1 aromatic carbocycles. The zero-order chi connectivity index (χ0) is 12.3. The highest BCUT2D eigenvalue weighted by atomic mass is 19.1. The van der Waals surface area contributed by atoms with Gasteiger partial charge in [0.1, 0.15) is 11.9 Å². The van der Waals surface area contributed by atoms with Crippen molar-refractivity contribution in [2.45, 2.75) is 19.4 Å². The van der Waals surface area contributed by atoms with E-state index in [1.54, 1.807) is 37.9 Å². The second-order valence-corrected chi connectivity index (χ2v) is 4.44. The van der Waals surface area contributed by atoms with Crippen LogP contribution in [0, 0.1) is 17.1 Å². The molecule has 0 unspecified atom stereocenters. The zero-order valence-electron chi connectivity index (χ0n) is 9.66. The van der Waals surface area contributed by atoms with E-state index < -0.39 is 11.4 Å². The highest BCUT2D eigenvalue weighted by molar-refractivity contribution is 5.50. The van der Waals surface area contributed by atoms with Crippen molar-refractivity contribution in [1.82, 2.24) is 0 Å². The van der Waals surface area contributed by atoms with Gasteiger partial charge in [-0.1, -0.05) is 0 Å². The van der Waals surface area contributed by atoms with Gasteiger partial charge in [-0.3, -0.25) is 0 Å².